The van der Waals surface area contributed by atoms with Crippen molar-refractivity contribution in [3.8, 4) is 0 Å². The summed E-state index contributed by atoms with van der Waals surface area (Å²) >= 11 is 0. The fourth-order valence-corrected chi connectivity index (χ4v) is 3.46. The smallest absolute Gasteiger partial charge is 0.331 e. The molecule has 3 rings (SSSR count). The van der Waals surface area contributed by atoms with Gasteiger partial charge in [-0.25, -0.2) is 4.79 Å². The van der Waals surface area contributed by atoms with Crippen molar-refractivity contribution in [2.75, 3.05) is 6.54 Å². The van der Waals surface area contributed by atoms with Crippen LogP contribution >= 0.6 is 0 Å². The highest BCUT2D eigenvalue weighted by atomic mass is 16.7. The lowest BCUT2D eigenvalue weighted by molar-refractivity contribution is -0.241. The lowest BCUT2D eigenvalue weighted by atomic mass is 9.88. The molecule has 4 heteroatoms. The molecule has 0 amide bonds. The van der Waals surface area contributed by atoms with Crippen molar-refractivity contribution < 1.29 is 14.3 Å². The van der Waals surface area contributed by atoms with Gasteiger partial charge in [-0.05, 0) is 38.8 Å². The number of hydrogen-bond donors (Lipinski definition) is 0. The van der Waals surface area contributed by atoms with Crippen molar-refractivity contribution in [3.05, 3.63) is 35.9 Å². The van der Waals surface area contributed by atoms with Gasteiger partial charge in [0.15, 0.2) is 0 Å². The third kappa shape index (κ3) is 2.13. The van der Waals surface area contributed by atoms with Crippen LogP contribution in [0.5, 0.6) is 0 Å². The van der Waals surface area contributed by atoms with Gasteiger partial charge < -0.3 is 9.47 Å². The Kier molecular flexibility index (Phi) is 3.52. The molecule has 2 heterocycles. The molecule has 1 aromatic rings. The molecule has 0 saturated carbocycles. The molecule has 2 saturated heterocycles. The summed E-state index contributed by atoms with van der Waals surface area (Å²) in [5, 5.41) is 0. The summed E-state index contributed by atoms with van der Waals surface area (Å²) in [7, 11) is 0. The largest absolute Gasteiger partial charge is 0.435 e. The third-order valence-electron chi connectivity index (χ3n) is 4.46. The van der Waals surface area contributed by atoms with Gasteiger partial charge in [0.1, 0.15) is 5.54 Å². The molecule has 0 radical (unpaired) electrons. The molecule has 4 nitrogen and oxygen atoms in total. The van der Waals surface area contributed by atoms with Gasteiger partial charge >= 0.3 is 5.97 Å². The molecule has 1 aromatic carbocycles. The van der Waals surface area contributed by atoms with Crippen LogP contribution in [-0.4, -0.2) is 35.3 Å². The van der Waals surface area contributed by atoms with Crippen molar-refractivity contribution >= 4 is 5.97 Å². The fourth-order valence-electron chi connectivity index (χ4n) is 3.46. The van der Waals surface area contributed by atoms with E-state index in [2.05, 4.69) is 17.0 Å². The Morgan fingerprint density at radius 2 is 2.05 bits per heavy atom. The van der Waals surface area contributed by atoms with Crippen molar-refractivity contribution in [1.82, 2.24) is 4.90 Å². The van der Waals surface area contributed by atoms with E-state index in [1.54, 1.807) is 6.92 Å². The summed E-state index contributed by atoms with van der Waals surface area (Å²) in [5.41, 5.74) is 0.606. The van der Waals surface area contributed by atoms with Crippen LogP contribution in [0.1, 0.15) is 32.3 Å². The number of likely N-dealkylation sites (tertiary alicyclic amines) is 1. The van der Waals surface area contributed by atoms with Gasteiger partial charge in [-0.15, -0.1) is 0 Å². The number of carbonyl (C=O) groups excluding carboxylic acids is 1. The first-order valence-electron chi connectivity index (χ1n) is 7.28. The number of rotatable bonds is 2. The maximum absolute atomic E-state index is 12.5. The molecule has 1 spiro atoms. The summed E-state index contributed by atoms with van der Waals surface area (Å²) in [5.74, 6) is -0.128. The van der Waals surface area contributed by atoms with Crippen molar-refractivity contribution in [1.29, 1.82) is 0 Å². The summed E-state index contributed by atoms with van der Waals surface area (Å²) in [6.45, 7) is 5.43. The van der Waals surface area contributed by atoms with E-state index in [0.717, 1.165) is 25.9 Å². The number of carbonyl (C=O) groups is 1. The highest BCUT2D eigenvalue weighted by Crippen LogP contribution is 2.39. The van der Waals surface area contributed by atoms with Crippen LogP contribution in [0.2, 0.25) is 0 Å². The Labute approximate surface area is 119 Å². The minimum atomic E-state index is -0.609. The van der Waals surface area contributed by atoms with E-state index in [0.29, 0.717) is 0 Å². The van der Waals surface area contributed by atoms with E-state index in [1.165, 1.54) is 5.56 Å². The number of nitrogens with zero attached hydrogens (tertiary/aromatic N) is 1. The average molecular weight is 275 g/mol. The molecule has 2 aliphatic rings. The molecule has 108 valence electrons. The van der Waals surface area contributed by atoms with E-state index in [9.17, 15) is 4.79 Å². The number of cyclic esters (lactones) is 1. The second kappa shape index (κ2) is 5.19. The van der Waals surface area contributed by atoms with E-state index in [-0.39, 0.29) is 12.1 Å². The highest BCUT2D eigenvalue weighted by Gasteiger charge is 2.56. The number of hydrogen-bond acceptors (Lipinski definition) is 4. The minimum absolute atomic E-state index is 0.128. The molecular formula is C16H21NO3. The van der Waals surface area contributed by atoms with Crippen molar-refractivity contribution in [3.63, 3.8) is 0 Å². The lowest BCUT2D eigenvalue weighted by Gasteiger charge is -2.45. The van der Waals surface area contributed by atoms with Crippen LogP contribution in [0.15, 0.2) is 30.3 Å². The Balaban J connectivity index is 1.86. The molecule has 0 aliphatic carbocycles. The topological polar surface area (TPSA) is 38.8 Å². The van der Waals surface area contributed by atoms with E-state index in [1.807, 2.05) is 25.1 Å². The van der Waals surface area contributed by atoms with E-state index in [4.69, 9.17) is 9.47 Å². The van der Waals surface area contributed by atoms with Gasteiger partial charge in [-0.3, -0.25) is 4.90 Å². The predicted molar refractivity (Wildman–Crippen MR) is 74.9 cm³/mol. The Bertz CT molecular complexity index is 490. The van der Waals surface area contributed by atoms with Crippen LogP contribution in [0.25, 0.3) is 0 Å². The van der Waals surface area contributed by atoms with Gasteiger partial charge in [0.2, 0.25) is 6.29 Å². The predicted octanol–water partition coefficient (Wildman–Crippen LogP) is 2.33. The summed E-state index contributed by atoms with van der Waals surface area (Å²) in [6, 6.07) is 10.2. The van der Waals surface area contributed by atoms with Gasteiger partial charge in [0.25, 0.3) is 0 Å². The number of benzene rings is 1. The van der Waals surface area contributed by atoms with E-state index < -0.39 is 11.8 Å². The zero-order chi connectivity index (χ0) is 14.2. The van der Waals surface area contributed by atoms with Crippen LogP contribution < -0.4 is 0 Å². The van der Waals surface area contributed by atoms with Crippen molar-refractivity contribution in [2.45, 2.75) is 51.2 Å². The zero-order valence-corrected chi connectivity index (χ0v) is 12.0. The van der Waals surface area contributed by atoms with Crippen LogP contribution in [0.4, 0.5) is 0 Å². The monoisotopic (exact) mass is 275 g/mol. The minimum Gasteiger partial charge on any atom is -0.435 e. The summed E-state index contributed by atoms with van der Waals surface area (Å²) < 4.78 is 11.1. The second-order valence-corrected chi connectivity index (χ2v) is 5.69. The summed E-state index contributed by atoms with van der Waals surface area (Å²) in [4.78, 5) is 14.7. The molecule has 20 heavy (non-hydrogen) atoms. The first-order valence-corrected chi connectivity index (χ1v) is 7.28. The molecule has 0 bridgehead atoms. The van der Waals surface area contributed by atoms with Gasteiger partial charge in [0.05, 0.1) is 6.10 Å². The van der Waals surface area contributed by atoms with Crippen molar-refractivity contribution in [2.24, 2.45) is 0 Å². The molecule has 3 unspecified atom stereocenters. The van der Waals surface area contributed by atoms with E-state index >= 15 is 0 Å². The Hall–Kier alpha value is -1.39. The average Bonchev–Trinajstić information content (AvgIpc) is 2.82. The maximum atomic E-state index is 12.5. The maximum Gasteiger partial charge on any atom is 0.331 e. The molecule has 0 aromatic heterocycles. The van der Waals surface area contributed by atoms with Crippen LogP contribution in [-0.2, 0) is 20.8 Å². The van der Waals surface area contributed by atoms with Gasteiger partial charge in [-0.1, -0.05) is 30.3 Å². The third-order valence-corrected chi connectivity index (χ3v) is 4.46. The molecule has 3 atom stereocenters. The standard InChI is InChI=1S/C16H21NO3/c1-12-16(15(18)20-13(2)19-12)9-6-10-17(16)11-14-7-4-3-5-8-14/h3-5,7-8,12-13H,6,9-11H2,1-2H3. The number of esters is 1. The lowest BCUT2D eigenvalue weighted by Crippen LogP contribution is -2.63. The Morgan fingerprint density at radius 1 is 1.30 bits per heavy atom. The zero-order valence-electron chi connectivity index (χ0n) is 12.0. The fraction of sp³-hybridized carbons (Fsp3) is 0.562. The molecular weight excluding hydrogens is 254 g/mol. The molecule has 0 N–H and O–H groups in total. The molecule has 2 fully saturated rings. The Morgan fingerprint density at radius 3 is 2.75 bits per heavy atom. The first-order chi connectivity index (χ1) is 9.63. The second-order valence-electron chi connectivity index (χ2n) is 5.69. The highest BCUT2D eigenvalue weighted by molar-refractivity contribution is 5.83. The van der Waals surface area contributed by atoms with Crippen LogP contribution in [0.3, 0.4) is 0 Å². The van der Waals surface area contributed by atoms with Gasteiger partial charge in [0, 0.05) is 6.54 Å². The van der Waals surface area contributed by atoms with Gasteiger partial charge in [-0.2, -0.15) is 0 Å². The SMILES string of the molecule is CC1OC(=O)C2(CCCN2Cc2ccccc2)C(C)O1. The van der Waals surface area contributed by atoms with Crippen LogP contribution in [0, 0.1) is 0 Å². The quantitative estimate of drug-likeness (QED) is 0.777. The first kappa shape index (κ1) is 13.6. The normalized spacial score (nSPS) is 34.4. The summed E-state index contributed by atoms with van der Waals surface area (Å²) in [6.07, 6.45) is 1.24. The number of ether oxygens (including phenoxy) is 2. The molecule has 2 aliphatic heterocycles.